The average Bonchev–Trinajstić information content (AvgIpc) is 3.02. The van der Waals surface area contributed by atoms with Crippen molar-refractivity contribution in [2.24, 2.45) is 11.7 Å². The second-order valence-corrected chi connectivity index (χ2v) is 9.52. The van der Waals surface area contributed by atoms with Gasteiger partial charge in [-0.15, -0.1) is 0 Å². The quantitative estimate of drug-likeness (QED) is 0.131. The fraction of sp³-hybridized carbons (Fsp3) is 0.147. The van der Waals surface area contributed by atoms with Gasteiger partial charge in [-0.3, -0.25) is 15.0 Å². The van der Waals surface area contributed by atoms with E-state index in [4.69, 9.17) is 20.6 Å². The number of hydrogen-bond donors (Lipinski definition) is 3. The first-order valence-electron chi connectivity index (χ1n) is 13.2. The first-order chi connectivity index (χ1) is 19.9. The summed E-state index contributed by atoms with van der Waals surface area (Å²) >= 11 is 0. The summed E-state index contributed by atoms with van der Waals surface area (Å²) in [6.45, 7) is 0. The van der Waals surface area contributed by atoms with E-state index in [9.17, 15) is 9.59 Å². The van der Waals surface area contributed by atoms with Crippen LogP contribution < -0.4 is 15.8 Å². The maximum absolute atomic E-state index is 13.5. The third-order valence-electron chi connectivity index (χ3n) is 6.79. The van der Waals surface area contributed by atoms with Gasteiger partial charge in [0.2, 0.25) is 0 Å². The predicted molar refractivity (Wildman–Crippen MR) is 162 cm³/mol. The van der Waals surface area contributed by atoms with Crippen molar-refractivity contribution in [2.75, 3.05) is 14.2 Å². The monoisotopic (exact) mass is 547 g/mol. The van der Waals surface area contributed by atoms with Crippen LogP contribution in [0.25, 0.3) is 17.2 Å². The molecule has 4 rings (SSSR count). The molecule has 4 N–H and O–H groups in total. The molecule has 7 heteroatoms. The van der Waals surface area contributed by atoms with E-state index in [1.165, 1.54) is 7.11 Å². The van der Waals surface area contributed by atoms with E-state index in [2.05, 4.69) is 5.32 Å². The molecule has 0 aliphatic heterocycles. The third kappa shape index (κ3) is 7.70. The second kappa shape index (κ2) is 13.8. The van der Waals surface area contributed by atoms with Gasteiger partial charge in [0, 0.05) is 11.1 Å². The SMILES string of the molecule is COC(=O)[C@@H](Cc1cccc(C(=N)N)c1)[C@H](/C=C/c1ccccc1)NC(=O)c1ccc(-c2ccc(OC)cc2)cc1. The van der Waals surface area contributed by atoms with E-state index in [1.807, 2.05) is 84.9 Å². The smallest absolute Gasteiger partial charge is 0.311 e. The molecule has 0 saturated carbocycles. The number of nitrogens with two attached hydrogens (primary N) is 1. The van der Waals surface area contributed by atoms with Crippen molar-refractivity contribution in [3.05, 3.63) is 131 Å². The maximum Gasteiger partial charge on any atom is 0.311 e. The van der Waals surface area contributed by atoms with E-state index >= 15 is 0 Å². The summed E-state index contributed by atoms with van der Waals surface area (Å²) in [6.07, 6.45) is 3.96. The van der Waals surface area contributed by atoms with Crippen LogP contribution in [-0.2, 0) is 16.0 Å². The summed E-state index contributed by atoms with van der Waals surface area (Å²) in [4.78, 5) is 26.5. The van der Waals surface area contributed by atoms with Crippen molar-refractivity contribution in [1.29, 1.82) is 5.41 Å². The highest BCUT2D eigenvalue weighted by molar-refractivity contribution is 5.96. The Morgan fingerprint density at radius 2 is 1.51 bits per heavy atom. The van der Waals surface area contributed by atoms with E-state index < -0.39 is 17.9 Å². The molecule has 0 heterocycles. The summed E-state index contributed by atoms with van der Waals surface area (Å²) in [5, 5.41) is 10.8. The van der Waals surface area contributed by atoms with Gasteiger partial charge in [-0.1, -0.05) is 84.9 Å². The van der Waals surface area contributed by atoms with Gasteiger partial charge in [0.05, 0.1) is 26.2 Å². The first-order valence-corrected chi connectivity index (χ1v) is 13.2. The molecule has 0 aliphatic carbocycles. The zero-order valence-electron chi connectivity index (χ0n) is 23.0. The molecule has 0 unspecified atom stereocenters. The Balaban J connectivity index is 1.61. The number of nitrogen functional groups attached to an aromatic ring is 1. The third-order valence-corrected chi connectivity index (χ3v) is 6.79. The molecule has 0 aromatic heterocycles. The molecule has 0 bridgehead atoms. The van der Waals surface area contributed by atoms with Crippen LogP contribution in [-0.4, -0.2) is 38.0 Å². The number of methoxy groups -OCH3 is 2. The summed E-state index contributed by atoms with van der Waals surface area (Å²) in [7, 11) is 2.96. The number of rotatable bonds is 11. The zero-order chi connectivity index (χ0) is 29.2. The number of ether oxygens (including phenoxy) is 2. The number of esters is 1. The van der Waals surface area contributed by atoms with Crippen LogP contribution in [0.3, 0.4) is 0 Å². The van der Waals surface area contributed by atoms with Crippen LogP contribution in [0.15, 0.2) is 109 Å². The number of amidine groups is 1. The number of carbonyl (C=O) groups is 2. The van der Waals surface area contributed by atoms with Crippen molar-refractivity contribution >= 4 is 23.8 Å². The number of hydrogen-bond acceptors (Lipinski definition) is 5. The largest absolute Gasteiger partial charge is 0.497 e. The van der Waals surface area contributed by atoms with E-state index in [0.717, 1.165) is 28.0 Å². The first kappa shape index (κ1) is 28.8. The van der Waals surface area contributed by atoms with Crippen LogP contribution in [0.4, 0.5) is 0 Å². The van der Waals surface area contributed by atoms with E-state index in [0.29, 0.717) is 11.1 Å². The fourth-order valence-electron chi connectivity index (χ4n) is 4.52. The molecule has 208 valence electrons. The molecule has 1 amide bonds. The summed E-state index contributed by atoms with van der Waals surface area (Å²) in [5.41, 5.74) is 10.4. The van der Waals surface area contributed by atoms with Gasteiger partial charge >= 0.3 is 5.97 Å². The maximum atomic E-state index is 13.5. The van der Waals surface area contributed by atoms with Gasteiger partial charge in [-0.2, -0.15) is 0 Å². The van der Waals surface area contributed by atoms with Crippen molar-refractivity contribution < 1.29 is 19.1 Å². The zero-order valence-corrected chi connectivity index (χ0v) is 23.0. The van der Waals surface area contributed by atoms with Crippen LogP contribution in [0.5, 0.6) is 5.75 Å². The predicted octanol–water partition coefficient (Wildman–Crippen LogP) is 5.49. The number of amides is 1. The van der Waals surface area contributed by atoms with Crippen molar-refractivity contribution in [2.45, 2.75) is 12.5 Å². The summed E-state index contributed by atoms with van der Waals surface area (Å²) in [6, 6.07) is 31.1. The van der Waals surface area contributed by atoms with Crippen molar-refractivity contribution in [3.63, 3.8) is 0 Å². The Morgan fingerprint density at radius 3 is 2.12 bits per heavy atom. The lowest BCUT2D eigenvalue weighted by Crippen LogP contribution is -2.43. The molecular formula is C34H33N3O4. The van der Waals surface area contributed by atoms with Crippen LogP contribution in [0.2, 0.25) is 0 Å². The molecule has 0 aliphatic rings. The van der Waals surface area contributed by atoms with E-state index in [-0.39, 0.29) is 18.2 Å². The standard InChI is InChI=1S/C34H33N3O4/c1-40-29-18-16-26(17-19-29)25-12-14-27(15-13-25)33(38)37-31(20-11-23-7-4-3-5-8-23)30(34(39)41-2)22-24-9-6-10-28(21-24)32(35)36/h3-21,30-31H,22H2,1-2H3,(H3,35,36)(H,37,38)/b20-11+/t30-,31-/m0/s1. The Bertz CT molecular complexity index is 1510. The average molecular weight is 548 g/mol. The van der Waals surface area contributed by atoms with Gasteiger partial charge in [-0.25, -0.2) is 0 Å². The van der Waals surface area contributed by atoms with Gasteiger partial charge in [0.1, 0.15) is 11.6 Å². The topological polar surface area (TPSA) is 115 Å². The highest BCUT2D eigenvalue weighted by Crippen LogP contribution is 2.23. The molecule has 7 nitrogen and oxygen atoms in total. The minimum Gasteiger partial charge on any atom is -0.497 e. The Labute approximate surface area is 240 Å². The van der Waals surface area contributed by atoms with Gasteiger partial charge in [0.25, 0.3) is 5.91 Å². The summed E-state index contributed by atoms with van der Waals surface area (Å²) < 4.78 is 10.4. The Morgan fingerprint density at radius 1 is 0.854 bits per heavy atom. The molecule has 2 atom stereocenters. The van der Waals surface area contributed by atoms with Crippen molar-refractivity contribution in [3.8, 4) is 16.9 Å². The van der Waals surface area contributed by atoms with Crippen LogP contribution >= 0.6 is 0 Å². The fourth-order valence-corrected chi connectivity index (χ4v) is 4.52. The normalized spacial score (nSPS) is 12.3. The second-order valence-electron chi connectivity index (χ2n) is 9.52. The molecule has 0 saturated heterocycles. The summed E-state index contributed by atoms with van der Waals surface area (Å²) in [5.74, 6) is -0.804. The lowest BCUT2D eigenvalue weighted by Gasteiger charge is -2.24. The molecule has 4 aromatic carbocycles. The Hall–Kier alpha value is -5.17. The Kier molecular flexibility index (Phi) is 9.67. The molecule has 0 spiro atoms. The van der Waals surface area contributed by atoms with Crippen LogP contribution in [0.1, 0.15) is 27.0 Å². The van der Waals surface area contributed by atoms with Crippen molar-refractivity contribution in [1.82, 2.24) is 5.32 Å². The highest BCUT2D eigenvalue weighted by Gasteiger charge is 2.30. The number of nitrogens with one attached hydrogen (secondary N) is 2. The molecule has 41 heavy (non-hydrogen) atoms. The lowest BCUT2D eigenvalue weighted by atomic mass is 9.90. The van der Waals surface area contributed by atoms with Gasteiger partial charge in [0.15, 0.2) is 0 Å². The molecule has 0 radical (unpaired) electrons. The minimum atomic E-state index is -0.732. The molecular weight excluding hydrogens is 514 g/mol. The van der Waals surface area contributed by atoms with Crippen LogP contribution in [0, 0.1) is 11.3 Å². The highest BCUT2D eigenvalue weighted by atomic mass is 16.5. The molecule has 0 fully saturated rings. The number of carbonyl (C=O) groups excluding carboxylic acids is 2. The molecule has 4 aromatic rings. The van der Waals surface area contributed by atoms with Gasteiger partial charge in [-0.05, 0) is 59.0 Å². The lowest BCUT2D eigenvalue weighted by molar-refractivity contribution is -0.145. The van der Waals surface area contributed by atoms with E-state index in [1.54, 1.807) is 37.4 Å². The van der Waals surface area contributed by atoms with Gasteiger partial charge < -0.3 is 20.5 Å². The minimum absolute atomic E-state index is 0.0617. The number of benzene rings is 4.